The third kappa shape index (κ3) is 6.47. The molecule has 2 fully saturated rings. The van der Waals surface area contributed by atoms with E-state index in [1.165, 1.54) is 6.42 Å². The average molecular weight is 514 g/mol. The Hall–Kier alpha value is -0.580. The molecular formula is C18H35IN4O3S. The largest absolute Gasteiger partial charge is 0.357 e. The lowest BCUT2D eigenvalue weighted by Gasteiger charge is -2.39. The highest BCUT2D eigenvalue weighted by molar-refractivity contribution is 14.0. The first-order chi connectivity index (χ1) is 12.2. The average Bonchev–Trinajstić information content (AvgIpc) is 2.56. The number of nitrogens with one attached hydrogen (secondary N) is 1. The highest BCUT2D eigenvalue weighted by atomic mass is 127. The summed E-state index contributed by atoms with van der Waals surface area (Å²) in [4.78, 5) is 20.9. The molecule has 0 spiro atoms. The van der Waals surface area contributed by atoms with E-state index >= 15 is 0 Å². The Morgan fingerprint density at radius 2 is 1.96 bits per heavy atom. The molecule has 2 heterocycles. The maximum atomic E-state index is 12.4. The molecule has 2 rings (SSSR count). The van der Waals surface area contributed by atoms with Crippen molar-refractivity contribution < 1.29 is 13.2 Å². The number of hydrogen-bond acceptors (Lipinski definition) is 4. The van der Waals surface area contributed by atoms with E-state index in [1.54, 1.807) is 13.8 Å². The molecule has 0 aromatic heterocycles. The number of carbonyl (C=O) groups is 1. The van der Waals surface area contributed by atoms with Gasteiger partial charge >= 0.3 is 0 Å². The maximum absolute atomic E-state index is 12.4. The van der Waals surface area contributed by atoms with Crippen LogP contribution in [0.25, 0.3) is 0 Å². The van der Waals surface area contributed by atoms with Gasteiger partial charge in [0.05, 0.1) is 17.0 Å². The number of aliphatic imine (C=N–C) groups is 1. The Balaban J connectivity index is 0.00000364. The maximum Gasteiger partial charge on any atom is 0.224 e. The van der Waals surface area contributed by atoms with Crippen LogP contribution in [0.15, 0.2) is 4.99 Å². The summed E-state index contributed by atoms with van der Waals surface area (Å²) in [5, 5.41) is 3.23. The van der Waals surface area contributed by atoms with Crippen LogP contribution in [0.3, 0.4) is 0 Å². The zero-order valence-corrected chi connectivity index (χ0v) is 20.2. The van der Waals surface area contributed by atoms with Crippen LogP contribution in [0.5, 0.6) is 0 Å². The molecule has 2 aliphatic rings. The summed E-state index contributed by atoms with van der Waals surface area (Å²) < 4.78 is 23.6. The zero-order chi connectivity index (χ0) is 19.4. The fourth-order valence-corrected chi connectivity index (χ4v) is 4.95. The second-order valence-corrected chi connectivity index (χ2v) is 10.8. The number of rotatable bonds is 4. The number of halogens is 1. The number of piperidine rings is 1. The van der Waals surface area contributed by atoms with Gasteiger partial charge in [0.1, 0.15) is 0 Å². The van der Waals surface area contributed by atoms with Crippen molar-refractivity contribution in [2.75, 3.05) is 45.0 Å². The lowest BCUT2D eigenvalue weighted by Crippen LogP contribution is -2.57. The number of sulfone groups is 1. The predicted octanol–water partition coefficient (Wildman–Crippen LogP) is 1.73. The monoisotopic (exact) mass is 514 g/mol. The molecule has 1 N–H and O–H groups in total. The van der Waals surface area contributed by atoms with Crippen molar-refractivity contribution in [3.63, 3.8) is 0 Å². The number of likely N-dealkylation sites (tertiary alicyclic amines) is 1. The molecule has 27 heavy (non-hydrogen) atoms. The van der Waals surface area contributed by atoms with Gasteiger partial charge in [0.2, 0.25) is 5.91 Å². The second kappa shape index (κ2) is 10.3. The van der Waals surface area contributed by atoms with Crippen molar-refractivity contribution >= 4 is 45.7 Å². The number of hydrogen-bond donors (Lipinski definition) is 1. The van der Waals surface area contributed by atoms with Gasteiger partial charge in [-0.1, -0.05) is 6.92 Å². The standard InChI is InChI=1S/C18H34N4O3S.HI/c1-5-19-17(22-11-12-26(24,25)18(3,4)14-22)20-9-8-16(23)21-10-6-7-15(2)13-21;/h15H,5-14H2,1-4H3,(H,19,20);1H. The first-order valence-corrected chi connectivity index (χ1v) is 11.3. The van der Waals surface area contributed by atoms with Gasteiger partial charge in [-0.15, -0.1) is 24.0 Å². The fraction of sp³-hybridized carbons (Fsp3) is 0.889. The molecule has 1 amide bonds. The predicted molar refractivity (Wildman–Crippen MR) is 120 cm³/mol. The molecule has 0 aliphatic carbocycles. The lowest BCUT2D eigenvalue weighted by atomic mass is 10.00. The summed E-state index contributed by atoms with van der Waals surface area (Å²) in [6.07, 6.45) is 2.67. The van der Waals surface area contributed by atoms with Crippen LogP contribution in [0, 0.1) is 5.92 Å². The van der Waals surface area contributed by atoms with Crippen LogP contribution in [-0.2, 0) is 14.6 Å². The van der Waals surface area contributed by atoms with Gasteiger partial charge in [0.15, 0.2) is 15.8 Å². The molecule has 158 valence electrons. The van der Waals surface area contributed by atoms with Gasteiger partial charge in [-0.05, 0) is 39.5 Å². The number of amides is 1. The Morgan fingerprint density at radius 1 is 1.26 bits per heavy atom. The van der Waals surface area contributed by atoms with E-state index in [9.17, 15) is 13.2 Å². The highest BCUT2D eigenvalue weighted by Gasteiger charge is 2.40. The Morgan fingerprint density at radius 3 is 2.56 bits per heavy atom. The Bertz CT molecular complexity index is 637. The lowest BCUT2D eigenvalue weighted by molar-refractivity contribution is -0.132. The quantitative estimate of drug-likeness (QED) is 0.351. The molecule has 0 radical (unpaired) electrons. The Kier molecular flexibility index (Phi) is 9.30. The molecule has 1 atom stereocenters. The van der Waals surface area contributed by atoms with E-state index in [2.05, 4.69) is 17.2 Å². The van der Waals surface area contributed by atoms with Gasteiger partial charge < -0.3 is 15.1 Å². The molecular weight excluding hydrogens is 479 g/mol. The minimum absolute atomic E-state index is 0. The van der Waals surface area contributed by atoms with Crippen LogP contribution >= 0.6 is 24.0 Å². The van der Waals surface area contributed by atoms with Crippen LogP contribution in [-0.4, -0.2) is 79.9 Å². The van der Waals surface area contributed by atoms with E-state index in [0.29, 0.717) is 44.5 Å². The van der Waals surface area contributed by atoms with Crippen molar-refractivity contribution in [3.8, 4) is 0 Å². The van der Waals surface area contributed by atoms with Crippen molar-refractivity contribution in [2.24, 2.45) is 10.9 Å². The zero-order valence-electron chi connectivity index (χ0n) is 17.0. The highest BCUT2D eigenvalue weighted by Crippen LogP contribution is 2.23. The van der Waals surface area contributed by atoms with E-state index in [0.717, 1.165) is 19.5 Å². The van der Waals surface area contributed by atoms with Crippen molar-refractivity contribution in [2.45, 2.75) is 51.7 Å². The summed E-state index contributed by atoms with van der Waals surface area (Å²) in [5.74, 6) is 1.58. The molecule has 7 nitrogen and oxygen atoms in total. The molecule has 9 heteroatoms. The van der Waals surface area contributed by atoms with Crippen molar-refractivity contribution in [1.82, 2.24) is 15.1 Å². The molecule has 0 saturated carbocycles. The van der Waals surface area contributed by atoms with Gasteiger partial charge in [-0.25, -0.2) is 8.42 Å². The summed E-state index contributed by atoms with van der Waals surface area (Å²) in [7, 11) is -3.08. The fourth-order valence-electron chi connectivity index (χ4n) is 3.58. The molecule has 0 aromatic rings. The van der Waals surface area contributed by atoms with E-state index in [4.69, 9.17) is 0 Å². The van der Waals surface area contributed by atoms with Gasteiger partial charge in [0, 0.05) is 39.1 Å². The number of carbonyl (C=O) groups excluding carboxylic acids is 1. The first kappa shape index (κ1) is 24.5. The molecule has 1 unspecified atom stereocenters. The number of guanidine groups is 1. The molecule has 0 bridgehead atoms. The minimum Gasteiger partial charge on any atom is -0.357 e. The second-order valence-electron chi connectivity index (χ2n) is 8.07. The summed E-state index contributed by atoms with van der Waals surface area (Å²) in [6, 6.07) is 0. The third-order valence-electron chi connectivity index (χ3n) is 5.27. The van der Waals surface area contributed by atoms with Gasteiger partial charge in [0.25, 0.3) is 0 Å². The van der Waals surface area contributed by atoms with Crippen LogP contribution in [0.1, 0.15) is 47.0 Å². The molecule has 2 saturated heterocycles. The summed E-state index contributed by atoms with van der Waals surface area (Å²) >= 11 is 0. The number of nitrogens with zero attached hydrogens (tertiary/aromatic N) is 3. The minimum atomic E-state index is -3.08. The third-order valence-corrected chi connectivity index (χ3v) is 7.81. The van der Waals surface area contributed by atoms with Gasteiger partial charge in [-0.3, -0.25) is 9.79 Å². The van der Waals surface area contributed by atoms with Crippen LogP contribution in [0.4, 0.5) is 0 Å². The molecule has 2 aliphatic heterocycles. The van der Waals surface area contributed by atoms with E-state index in [1.807, 2.05) is 16.7 Å². The SMILES string of the molecule is CCNC(=NCCC(=O)N1CCCC(C)C1)N1CCS(=O)(=O)C(C)(C)C1.I. The first-order valence-electron chi connectivity index (χ1n) is 9.69. The van der Waals surface area contributed by atoms with Crippen molar-refractivity contribution in [1.29, 1.82) is 0 Å². The summed E-state index contributed by atoms with van der Waals surface area (Å²) in [5.41, 5.74) is 0. The topological polar surface area (TPSA) is 82.1 Å². The van der Waals surface area contributed by atoms with Crippen LogP contribution < -0.4 is 5.32 Å². The summed E-state index contributed by atoms with van der Waals surface area (Å²) in [6.45, 7) is 11.4. The van der Waals surface area contributed by atoms with E-state index < -0.39 is 14.6 Å². The normalized spacial score (nSPS) is 24.9. The van der Waals surface area contributed by atoms with Crippen LogP contribution in [0.2, 0.25) is 0 Å². The smallest absolute Gasteiger partial charge is 0.224 e. The van der Waals surface area contributed by atoms with Crippen molar-refractivity contribution in [3.05, 3.63) is 0 Å². The molecule has 0 aromatic carbocycles. The Labute approximate surface area is 181 Å². The van der Waals surface area contributed by atoms with Gasteiger partial charge in [-0.2, -0.15) is 0 Å². The van der Waals surface area contributed by atoms with E-state index in [-0.39, 0.29) is 35.6 Å².